The van der Waals surface area contributed by atoms with E-state index in [2.05, 4.69) is 9.68 Å². The Balaban J connectivity index is 2.47. The van der Waals surface area contributed by atoms with Crippen molar-refractivity contribution in [3.8, 4) is 0 Å². The quantitative estimate of drug-likeness (QED) is 0.867. The summed E-state index contributed by atoms with van der Waals surface area (Å²) in [5.41, 5.74) is -3.17. The average Bonchev–Trinajstić information content (AvgIpc) is 2.72. The van der Waals surface area contributed by atoms with Crippen LogP contribution < -0.4 is 5.76 Å². The molecule has 0 aliphatic rings. The van der Waals surface area contributed by atoms with E-state index in [4.69, 9.17) is 0 Å². The third kappa shape index (κ3) is 3.64. The lowest BCUT2D eigenvalue weighted by molar-refractivity contribution is -0.143. The smallest absolute Gasteiger partial charge is 0.296 e. The van der Waals surface area contributed by atoms with Gasteiger partial charge in [-0.05, 0) is 23.8 Å². The van der Waals surface area contributed by atoms with Gasteiger partial charge < -0.3 is 0 Å². The maximum absolute atomic E-state index is 12.6. The molecule has 0 spiro atoms. The first-order valence-electron chi connectivity index (χ1n) is 5.39. The Morgan fingerprint density at radius 3 is 1.90 bits per heavy atom. The number of nitrogens with zero attached hydrogens (tertiary/aromatic N) is 1. The van der Waals surface area contributed by atoms with Crippen LogP contribution in [0.2, 0.25) is 0 Å². The number of hydrogen-bond donors (Lipinski definition) is 1. The van der Waals surface area contributed by atoms with Gasteiger partial charge in [0.2, 0.25) is 0 Å². The second-order valence-electron chi connectivity index (χ2n) is 4.13. The van der Waals surface area contributed by atoms with Crippen molar-refractivity contribution in [2.75, 3.05) is 0 Å². The van der Waals surface area contributed by atoms with E-state index in [1.165, 1.54) is 0 Å². The normalized spacial score (nSPS) is 12.7. The second kappa shape index (κ2) is 4.93. The number of alkyl halides is 6. The van der Waals surface area contributed by atoms with Gasteiger partial charge in [0.05, 0.1) is 11.1 Å². The van der Waals surface area contributed by atoms with Crippen LogP contribution in [0.15, 0.2) is 27.5 Å². The summed E-state index contributed by atoms with van der Waals surface area (Å²) in [5, 5.41) is 3.19. The molecule has 114 valence electrons. The Labute approximate surface area is 112 Å². The minimum atomic E-state index is -4.92. The van der Waals surface area contributed by atoms with Gasteiger partial charge in [-0.15, -0.1) is 0 Å². The topological polar surface area (TPSA) is 58.9 Å². The fourth-order valence-corrected chi connectivity index (χ4v) is 1.65. The van der Waals surface area contributed by atoms with Crippen molar-refractivity contribution >= 4 is 0 Å². The number of benzene rings is 1. The zero-order valence-electron chi connectivity index (χ0n) is 9.97. The Morgan fingerprint density at radius 2 is 1.52 bits per heavy atom. The maximum Gasteiger partial charge on any atom is 0.438 e. The number of halogens is 6. The highest BCUT2D eigenvalue weighted by molar-refractivity contribution is 5.34. The van der Waals surface area contributed by atoms with E-state index in [1.807, 2.05) is 4.98 Å². The van der Waals surface area contributed by atoms with Gasteiger partial charge in [-0.25, -0.2) is 4.79 Å². The number of nitrogens with one attached hydrogen (secondary N) is 1. The maximum atomic E-state index is 12.6. The first kappa shape index (κ1) is 15.1. The molecule has 0 bridgehead atoms. The molecular weight excluding hydrogens is 306 g/mol. The zero-order chi connectivity index (χ0) is 15.8. The molecule has 0 radical (unpaired) electrons. The van der Waals surface area contributed by atoms with Gasteiger partial charge in [-0.1, -0.05) is 5.16 Å². The van der Waals surface area contributed by atoms with Gasteiger partial charge >= 0.3 is 18.1 Å². The molecule has 0 unspecified atom stereocenters. The highest BCUT2D eigenvalue weighted by Crippen LogP contribution is 2.36. The molecule has 1 aromatic carbocycles. The van der Waals surface area contributed by atoms with Crippen LogP contribution >= 0.6 is 0 Å². The second-order valence-corrected chi connectivity index (χ2v) is 4.13. The minimum absolute atomic E-state index is 0.0229. The third-order valence-corrected chi connectivity index (χ3v) is 2.50. The van der Waals surface area contributed by atoms with Crippen LogP contribution in [0, 0.1) is 0 Å². The molecule has 2 aromatic rings. The van der Waals surface area contributed by atoms with Crippen LogP contribution in [0.1, 0.15) is 22.5 Å². The van der Waals surface area contributed by atoms with Gasteiger partial charge in [-0.3, -0.25) is 9.51 Å². The predicted octanol–water partition coefficient (Wildman–Crippen LogP) is 2.99. The van der Waals surface area contributed by atoms with Crippen molar-refractivity contribution in [2.45, 2.75) is 18.8 Å². The monoisotopic (exact) mass is 312 g/mol. The van der Waals surface area contributed by atoms with Crippen LogP contribution in [0.25, 0.3) is 0 Å². The van der Waals surface area contributed by atoms with Crippen molar-refractivity contribution in [3.05, 3.63) is 51.3 Å². The molecule has 0 amide bonds. The van der Waals surface area contributed by atoms with Gasteiger partial charge in [0.1, 0.15) is 0 Å². The van der Waals surface area contributed by atoms with Crippen LogP contribution in [0.3, 0.4) is 0 Å². The summed E-state index contributed by atoms with van der Waals surface area (Å²) < 4.78 is 79.8. The van der Waals surface area contributed by atoms with Crippen LogP contribution in [-0.2, 0) is 18.8 Å². The average molecular weight is 312 g/mol. The van der Waals surface area contributed by atoms with Crippen LogP contribution in [-0.4, -0.2) is 10.1 Å². The van der Waals surface area contributed by atoms with E-state index in [9.17, 15) is 31.1 Å². The lowest BCUT2D eigenvalue weighted by Gasteiger charge is -2.13. The van der Waals surface area contributed by atoms with Crippen LogP contribution in [0.5, 0.6) is 0 Å². The Morgan fingerprint density at radius 1 is 1.00 bits per heavy atom. The summed E-state index contributed by atoms with van der Waals surface area (Å²) in [7, 11) is 0. The highest BCUT2D eigenvalue weighted by Gasteiger charge is 2.36. The zero-order valence-corrected chi connectivity index (χ0v) is 9.97. The summed E-state index contributed by atoms with van der Waals surface area (Å²) in [4.78, 5) is 12.7. The van der Waals surface area contributed by atoms with Crippen molar-refractivity contribution in [1.29, 1.82) is 0 Å². The number of aromatic nitrogens is 2. The molecule has 0 aliphatic heterocycles. The van der Waals surface area contributed by atoms with Gasteiger partial charge in [0, 0.05) is 6.42 Å². The Hall–Kier alpha value is -2.26. The van der Waals surface area contributed by atoms with Gasteiger partial charge in [0.15, 0.2) is 5.82 Å². The Bertz CT molecular complexity index is 665. The first-order valence-corrected chi connectivity index (χ1v) is 5.39. The lowest BCUT2D eigenvalue weighted by atomic mass is 10.0. The molecule has 0 saturated carbocycles. The molecule has 21 heavy (non-hydrogen) atoms. The van der Waals surface area contributed by atoms with Gasteiger partial charge in [-0.2, -0.15) is 26.3 Å². The molecule has 2 rings (SSSR count). The number of hydrogen-bond acceptors (Lipinski definition) is 3. The van der Waals surface area contributed by atoms with E-state index in [1.54, 1.807) is 0 Å². The lowest BCUT2D eigenvalue weighted by Crippen LogP contribution is -2.12. The van der Waals surface area contributed by atoms with Crippen LogP contribution in [0.4, 0.5) is 26.3 Å². The molecule has 0 aliphatic carbocycles. The molecular formula is C11H6F6N2O2. The van der Waals surface area contributed by atoms with Crippen molar-refractivity contribution in [1.82, 2.24) is 10.1 Å². The summed E-state index contributed by atoms with van der Waals surface area (Å²) >= 11 is 0. The summed E-state index contributed by atoms with van der Waals surface area (Å²) in [5.74, 6) is -1.12. The number of rotatable bonds is 2. The third-order valence-electron chi connectivity index (χ3n) is 2.50. The number of H-pyrrole nitrogens is 1. The molecule has 0 fully saturated rings. The molecule has 1 N–H and O–H groups in total. The van der Waals surface area contributed by atoms with E-state index in [-0.39, 0.29) is 17.5 Å². The molecule has 4 nitrogen and oxygen atoms in total. The fourth-order valence-electron chi connectivity index (χ4n) is 1.65. The minimum Gasteiger partial charge on any atom is -0.296 e. The molecule has 10 heteroatoms. The largest absolute Gasteiger partial charge is 0.438 e. The van der Waals surface area contributed by atoms with E-state index < -0.39 is 35.7 Å². The summed E-state index contributed by atoms with van der Waals surface area (Å²) in [6.45, 7) is 0. The highest BCUT2D eigenvalue weighted by atomic mass is 19.4. The van der Waals surface area contributed by atoms with Gasteiger partial charge in [0.25, 0.3) is 0 Å². The summed E-state index contributed by atoms with van der Waals surface area (Å²) in [6.07, 6.45) is -10.3. The predicted molar refractivity (Wildman–Crippen MR) is 56.4 cm³/mol. The summed E-state index contributed by atoms with van der Waals surface area (Å²) in [6, 6.07) is 1.14. The van der Waals surface area contributed by atoms with E-state index in [0.29, 0.717) is 12.1 Å². The fraction of sp³-hybridized carbons (Fsp3) is 0.273. The first-order chi connectivity index (χ1) is 9.55. The standard InChI is InChI=1S/C11H6F6N2O2/c12-10(13,14)6-1-5(2-7(4-6)11(15,16)17)3-8-18-9(20)21-19-8/h1-2,4H,3H2,(H,18,19,20). The molecule has 0 saturated heterocycles. The number of aromatic amines is 1. The van der Waals surface area contributed by atoms with Crippen molar-refractivity contribution in [3.63, 3.8) is 0 Å². The SMILES string of the molecule is O=c1[nH]c(Cc2cc(C(F)(F)F)cc(C(F)(F)F)c2)no1. The van der Waals surface area contributed by atoms with Crippen molar-refractivity contribution in [2.24, 2.45) is 0 Å². The van der Waals surface area contributed by atoms with Crippen molar-refractivity contribution < 1.29 is 30.9 Å². The Kier molecular flexibility index (Phi) is 3.56. The molecule has 1 aromatic heterocycles. The molecule has 0 atom stereocenters. The van der Waals surface area contributed by atoms with E-state index >= 15 is 0 Å². The van der Waals surface area contributed by atoms with E-state index in [0.717, 1.165) is 0 Å². The molecule has 1 heterocycles.